The minimum Gasteiger partial charge on any atom is -0.318 e. The smallest absolute Gasteiger partial charge is 0.266 e. The van der Waals surface area contributed by atoms with Crippen LogP contribution >= 0.6 is 11.6 Å². The van der Waals surface area contributed by atoms with Crippen molar-refractivity contribution in [2.24, 2.45) is 0 Å². The highest BCUT2D eigenvalue weighted by atomic mass is 35.5. The van der Waals surface area contributed by atoms with E-state index in [9.17, 15) is 13.2 Å². The maximum absolute atomic E-state index is 12.0. The largest absolute Gasteiger partial charge is 0.318 e. The number of hydrogen-bond donors (Lipinski definition) is 1. The average molecular weight is 327 g/mol. The molecule has 0 aliphatic carbocycles. The number of carbonyl (C=O) groups is 1. The molecule has 1 N–H and O–H groups in total. The van der Waals surface area contributed by atoms with Gasteiger partial charge < -0.3 is 4.57 Å². The van der Waals surface area contributed by atoms with Crippen LogP contribution in [-0.4, -0.2) is 25.1 Å². The fourth-order valence-corrected chi connectivity index (χ4v) is 2.86. The summed E-state index contributed by atoms with van der Waals surface area (Å²) in [5, 5.41) is 0.585. The number of aryl methyl sites for hydroxylation is 1. The molecule has 0 unspecified atom stereocenters. The van der Waals surface area contributed by atoms with E-state index in [1.807, 2.05) is 28.3 Å². The highest BCUT2D eigenvalue weighted by molar-refractivity contribution is 7.89. The third-order valence-corrected chi connectivity index (χ3v) is 3.81. The zero-order valence-corrected chi connectivity index (χ0v) is 13.4. The molecule has 0 spiro atoms. The molecular formula is C14H15ClN2O3S. The predicted octanol–water partition coefficient (Wildman–Crippen LogP) is 2.44. The van der Waals surface area contributed by atoms with Crippen molar-refractivity contribution in [1.29, 1.82) is 0 Å². The van der Waals surface area contributed by atoms with Crippen LogP contribution in [0.1, 0.15) is 21.7 Å². The number of rotatable bonds is 3. The first-order chi connectivity index (χ1) is 9.69. The summed E-state index contributed by atoms with van der Waals surface area (Å²) in [6.07, 6.45) is 0.945. The van der Waals surface area contributed by atoms with Crippen LogP contribution < -0.4 is 4.72 Å². The molecule has 1 amide bonds. The molecule has 0 aliphatic heterocycles. The van der Waals surface area contributed by atoms with E-state index in [2.05, 4.69) is 0 Å². The molecule has 0 saturated carbocycles. The Bertz CT molecular complexity index is 810. The normalized spacial score (nSPS) is 11.4. The van der Waals surface area contributed by atoms with Crippen molar-refractivity contribution < 1.29 is 13.2 Å². The van der Waals surface area contributed by atoms with Crippen LogP contribution in [0.25, 0.3) is 5.69 Å². The SMILES string of the molecule is Cc1cc(C(=O)NS(C)(=O)=O)c(C)n1-c1cccc(Cl)c1. The van der Waals surface area contributed by atoms with Gasteiger partial charge in [-0.25, -0.2) is 13.1 Å². The Hall–Kier alpha value is -1.79. The molecule has 2 aromatic rings. The van der Waals surface area contributed by atoms with Crippen LogP contribution in [0, 0.1) is 13.8 Å². The number of nitrogens with zero attached hydrogens (tertiary/aromatic N) is 1. The Kier molecular flexibility index (Phi) is 4.11. The molecule has 112 valence electrons. The first-order valence-corrected chi connectivity index (χ1v) is 8.43. The van der Waals surface area contributed by atoms with Crippen molar-refractivity contribution in [1.82, 2.24) is 9.29 Å². The molecule has 7 heteroatoms. The lowest BCUT2D eigenvalue weighted by molar-refractivity contribution is 0.0981. The monoisotopic (exact) mass is 326 g/mol. The second-order valence-electron chi connectivity index (χ2n) is 4.80. The van der Waals surface area contributed by atoms with Crippen molar-refractivity contribution >= 4 is 27.5 Å². The van der Waals surface area contributed by atoms with Gasteiger partial charge in [0.1, 0.15) is 0 Å². The number of nitrogens with one attached hydrogen (secondary N) is 1. The molecule has 0 radical (unpaired) electrons. The molecule has 2 rings (SSSR count). The van der Waals surface area contributed by atoms with E-state index in [0.29, 0.717) is 16.3 Å². The quantitative estimate of drug-likeness (QED) is 0.942. The minimum absolute atomic E-state index is 0.318. The van der Waals surface area contributed by atoms with Gasteiger partial charge in [0.15, 0.2) is 0 Å². The molecular weight excluding hydrogens is 312 g/mol. The Morgan fingerprint density at radius 1 is 1.24 bits per heavy atom. The Morgan fingerprint density at radius 2 is 1.90 bits per heavy atom. The predicted molar refractivity (Wildman–Crippen MR) is 82.6 cm³/mol. The summed E-state index contributed by atoms with van der Waals surface area (Å²) in [6.45, 7) is 3.59. The van der Waals surface area contributed by atoms with Gasteiger partial charge in [0.25, 0.3) is 5.91 Å². The standard InChI is InChI=1S/C14H15ClN2O3S/c1-9-7-13(14(18)16-21(3,19)20)10(2)17(9)12-6-4-5-11(15)8-12/h4-8H,1-3H3,(H,16,18). The number of hydrogen-bond acceptors (Lipinski definition) is 3. The molecule has 0 bridgehead atoms. The fourth-order valence-electron chi connectivity index (χ4n) is 2.23. The van der Waals surface area contributed by atoms with E-state index in [4.69, 9.17) is 11.6 Å². The Balaban J connectivity index is 2.50. The van der Waals surface area contributed by atoms with Gasteiger partial charge in [-0.1, -0.05) is 17.7 Å². The van der Waals surface area contributed by atoms with E-state index in [-0.39, 0.29) is 0 Å². The van der Waals surface area contributed by atoms with Gasteiger partial charge in [-0.05, 0) is 38.1 Å². The highest BCUT2D eigenvalue weighted by Gasteiger charge is 2.19. The molecule has 0 aliphatic rings. The molecule has 21 heavy (non-hydrogen) atoms. The number of amides is 1. The summed E-state index contributed by atoms with van der Waals surface area (Å²) < 4.78 is 26.2. The number of carbonyl (C=O) groups excluding carboxylic acids is 1. The maximum atomic E-state index is 12.0. The summed E-state index contributed by atoms with van der Waals surface area (Å²) in [4.78, 5) is 12.0. The van der Waals surface area contributed by atoms with Gasteiger partial charge in [-0.3, -0.25) is 4.79 Å². The zero-order valence-electron chi connectivity index (χ0n) is 11.8. The van der Waals surface area contributed by atoms with E-state index >= 15 is 0 Å². The highest BCUT2D eigenvalue weighted by Crippen LogP contribution is 2.23. The molecule has 0 atom stereocenters. The van der Waals surface area contributed by atoms with Crippen LogP contribution in [0.15, 0.2) is 30.3 Å². The first kappa shape index (κ1) is 15.6. The van der Waals surface area contributed by atoms with Crippen LogP contribution in [0.3, 0.4) is 0 Å². The van der Waals surface area contributed by atoms with Crippen LogP contribution in [-0.2, 0) is 10.0 Å². The number of benzene rings is 1. The summed E-state index contributed by atoms with van der Waals surface area (Å²) in [6, 6.07) is 8.87. The second kappa shape index (κ2) is 5.54. The van der Waals surface area contributed by atoms with Gasteiger partial charge >= 0.3 is 0 Å². The van der Waals surface area contributed by atoms with E-state index < -0.39 is 15.9 Å². The van der Waals surface area contributed by atoms with Crippen molar-refractivity contribution in [2.75, 3.05) is 6.26 Å². The van der Waals surface area contributed by atoms with Gasteiger partial charge in [-0.2, -0.15) is 0 Å². The minimum atomic E-state index is -3.59. The van der Waals surface area contributed by atoms with Crippen LogP contribution in [0.2, 0.25) is 5.02 Å². The molecule has 1 heterocycles. The van der Waals surface area contributed by atoms with Crippen LogP contribution in [0.5, 0.6) is 0 Å². The average Bonchev–Trinajstić information content (AvgIpc) is 2.62. The lowest BCUT2D eigenvalue weighted by Gasteiger charge is -2.10. The van der Waals surface area contributed by atoms with Gasteiger partial charge in [-0.15, -0.1) is 0 Å². The number of halogens is 1. The Morgan fingerprint density at radius 3 is 2.48 bits per heavy atom. The molecule has 0 fully saturated rings. The summed E-state index contributed by atoms with van der Waals surface area (Å²) in [7, 11) is -3.59. The van der Waals surface area contributed by atoms with Gasteiger partial charge in [0.2, 0.25) is 10.0 Å². The lowest BCUT2D eigenvalue weighted by atomic mass is 10.2. The van der Waals surface area contributed by atoms with E-state index in [0.717, 1.165) is 17.6 Å². The summed E-state index contributed by atoms with van der Waals surface area (Å²) in [5.41, 5.74) is 2.60. The van der Waals surface area contributed by atoms with Gasteiger partial charge in [0.05, 0.1) is 11.8 Å². The number of aromatic nitrogens is 1. The summed E-state index contributed by atoms with van der Waals surface area (Å²) in [5.74, 6) is -0.640. The Labute approximate surface area is 128 Å². The summed E-state index contributed by atoms with van der Waals surface area (Å²) >= 11 is 5.98. The van der Waals surface area contributed by atoms with Crippen LogP contribution in [0.4, 0.5) is 0 Å². The van der Waals surface area contributed by atoms with E-state index in [1.54, 1.807) is 25.1 Å². The van der Waals surface area contributed by atoms with Crippen molar-refractivity contribution in [3.05, 3.63) is 52.3 Å². The lowest BCUT2D eigenvalue weighted by Crippen LogP contribution is -2.29. The maximum Gasteiger partial charge on any atom is 0.266 e. The third-order valence-electron chi connectivity index (χ3n) is 3.02. The van der Waals surface area contributed by atoms with Crippen molar-refractivity contribution in [3.63, 3.8) is 0 Å². The molecule has 1 aromatic heterocycles. The van der Waals surface area contributed by atoms with E-state index in [1.165, 1.54) is 0 Å². The molecule has 5 nitrogen and oxygen atoms in total. The number of sulfonamides is 1. The topological polar surface area (TPSA) is 68.2 Å². The zero-order chi connectivity index (χ0) is 15.8. The molecule has 0 saturated heterocycles. The fraction of sp³-hybridized carbons (Fsp3) is 0.214. The van der Waals surface area contributed by atoms with Gasteiger partial charge in [0, 0.05) is 22.1 Å². The second-order valence-corrected chi connectivity index (χ2v) is 6.99. The van der Waals surface area contributed by atoms with Crippen molar-refractivity contribution in [3.8, 4) is 5.69 Å². The molecule has 1 aromatic carbocycles. The third kappa shape index (κ3) is 3.46. The first-order valence-electron chi connectivity index (χ1n) is 6.16. The van der Waals surface area contributed by atoms with Crippen molar-refractivity contribution in [2.45, 2.75) is 13.8 Å².